The molecule has 0 heterocycles. The van der Waals surface area contributed by atoms with E-state index in [1.165, 1.54) is 0 Å². The van der Waals surface area contributed by atoms with Crippen molar-refractivity contribution in [2.24, 2.45) is 0 Å². The summed E-state index contributed by atoms with van der Waals surface area (Å²) in [5, 5.41) is 25.5. The number of hydrogen-bond donors (Lipinski definition) is 3. The van der Waals surface area contributed by atoms with E-state index in [4.69, 9.17) is 22.0 Å². The van der Waals surface area contributed by atoms with Crippen LogP contribution < -0.4 is 0 Å². The monoisotopic (exact) mass is 315 g/mol. The quantitative estimate of drug-likeness (QED) is 0.493. The molecule has 0 saturated carbocycles. The summed E-state index contributed by atoms with van der Waals surface area (Å²) in [6.45, 7) is 9.84. The second-order valence-corrected chi connectivity index (χ2v) is 5.43. The van der Waals surface area contributed by atoms with Crippen LogP contribution in [0.1, 0.15) is 27.7 Å². The van der Waals surface area contributed by atoms with Crippen molar-refractivity contribution in [1.82, 2.24) is 4.90 Å². The molecule has 0 fully saturated rings. The van der Waals surface area contributed by atoms with E-state index in [-0.39, 0.29) is 19.8 Å². The van der Waals surface area contributed by atoms with Gasteiger partial charge in [0, 0.05) is 19.6 Å². The Morgan fingerprint density at radius 1 is 0.789 bits per heavy atom. The molecule has 0 aliphatic carbocycles. The van der Waals surface area contributed by atoms with E-state index >= 15 is 0 Å². The summed E-state index contributed by atoms with van der Waals surface area (Å²) in [5.74, 6) is 0. The van der Waals surface area contributed by atoms with E-state index in [1.807, 2.05) is 27.7 Å². The zero-order valence-corrected chi connectivity index (χ0v) is 14.1. The van der Waals surface area contributed by atoms with Gasteiger partial charge in [-0.3, -0.25) is 4.90 Å². The molecule has 0 amide bonds. The molecular weight excluding hydrogens is 286 g/mol. The van der Waals surface area contributed by atoms with Crippen molar-refractivity contribution >= 4 is 0 Å². The van der Waals surface area contributed by atoms with Crippen molar-refractivity contribution in [2.45, 2.75) is 39.9 Å². The Balaban J connectivity index is 0. The number of nitrogens with zero attached hydrogens (tertiary/aromatic N) is 1. The summed E-state index contributed by atoms with van der Waals surface area (Å²) in [7, 11) is 0. The van der Waals surface area contributed by atoms with Crippen molar-refractivity contribution in [1.29, 1.82) is 0 Å². The van der Waals surface area contributed by atoms with Gasteiger partial charge in [0.1, 0.15) is 0 Å². The van der Waals surface area contributed by atoms with Gasteiger partial charge in [-0.05, 0) is 0 Å². The van der Waals surface area contributed by atoms with Crippen LogP contribution in [-0.2, 0) is 26.6 Å². The van der Waals surface area contributed by atoms with E-state index in [0.29, 0.717) is 31.8 Å². The van der Waals surface area contributed by atoms with E-state index in [0.717, 1.165) is 0 Å². The average Bonchev–Trinajstić information content (AvgIpc) is 2.30. The summed E-state index contributed by atoms with van der Waals surface area (Å²) in [6.07, 6.45) is 0.646. The first-order valence-electron chi connectivity index (χ1n) is 6.59. The van der Waals surface area contributed by atoms with Gasteiger partial charge in [0.15, 0.2) is 0 Å². The fraction of sp³-hybridized carbons (Fsp3) is 1.00. The zero-order valence-electron chi connectivity index (χ0n) is 12.5. The van der Waals surface area contributed by atoms with Crippen LogP contribution in [0.15, 0.2) is 0 Å². The van der Waals surface area contributed by atoms with Crippen LogP contribution in [0.25, 0.3) is 0 Å². The Hall–Kier alpha value is 0.474. The predicted molar refractivity (Wildman–Crippen MR) is 70.1 cm³/mol. The van der Waals surface area contributed by atoms with Crippen LogP contribution in [0, 0.1) is 0 Å². The molecule has 7 heteroatoms. The Labute approximate surface area is 126 Å². The van der Waals surface area contributed by atoms with Gasteiger partial charge >= 0.3 is 66.5 Å². The SMILES string of the molecule is CC(C)[O][Ti][O]C(C)C.OCCN(CCO)CCO. The number of hydrogen-bond acceptors (Lipinski definition) is 6. The zero-order chi connectivity index (χ0) is 15.1. The van der Waals surface area contributed by atoms with Crippen molar-refractivity contribution in [3.63, 3.8) is 0 Å². The van der Waals surface area contributed by atoms with Crippen LogP contribution in [0.4, 0.5) is 0 Å². The van der Waals surface area contributed by atoms with Gasteiger partial charge in [0.2, 0.25) is 0 Å². The van der Waals surface area contributed by atoms with Crippen LogP contribution in [0.2, 0.25) is 0 Å². The van der Waals surface area contributed by atoms with Crippen LogP contribution in [0.5, 0.6) is 0 Å². The number of rotatable bonds is 10. The standard InChI is InChI=1S/C6H15NO3.2C3H7O.Ti/c8-4-1-7(2-5-9)3-6-10;2*1-3(2)4;/h8-10H,1-6H2;2*3H,1-2H3;/q;2*-1;+2. The Bertz CT molecular complexity index is 150. The van der Waals surface area contributed by atoms with Crippen LogP contribution in [0.3, 0.4) is 0 Å². The van der Waals surface area contributed by atoms with Gasteiger partial charge in [0.25, 0.3) is 0 Å². The maximum absolute atomic E-state index is 8.48. The first-order valence-corrected chi connectivity index (χ1v) is 7.86. The molecule has 0 aromatic heterocycles. The Kier molecular flexibility index (Phi) is 18.9. The molecular formula is C12H29NO5Ti. The minimum Gasteiger partial charge on any atom is -0.395 e. The van der Waals surface area contributed by atoms with Crippen molar-refractivity contribution < 1.29 is 41.9 Å². The summed E-state index contributed by atoms with van der Waals surface area (Å²) >= 11 is -0.574. The molecule has 0 aromatic carbocycles. The molecule has 19 heavy (non-hydrogen) atoms. The minimum absolute atomic E-state index is 0.0694. The summed E-state index contributed by atoms with van der Waals surface area (Å²) < 4.78 is 10.5. The third-order valence-electron chi connectivity index (χ3n) is 1.82. The number of aliphatic hydroxyl groups excluding tert-OH is 3. The fourth-order valence-corrected chi connectivity index (χ4v) is 1.67. The second-order valence-electron chi connectivity index (χ2n) is 4.43. The third-order valence-corrected chi connectivity index (χ3v) is 3.59. The number of aliphatic hydroxyl groups is 3. The smallest absolute Gasteiger partial charge is 0.0558 e. The van der Waals surface area contributed by atoms with Gasteiger partial charge in [0.05, 0.1) is 19.8 Å². The molecule has 0 aliphatic heterocycles. The van der Waals surface area contributed by atoms with Crippen LogP contribution >= 0.6 is 0 Å². The van der Waals surface area contributed by atoms with Crippen molar-refractivity contribution in [2.75, 3.05) is 39.5 Å². The van der Waals surface area contributed by atoms with E-state index in [9.17, 15) is 0 Å². The maximum atomic E-state index is 8.48. The van der Waals surface area contributed by atoms with E-state index in [1.54, 1.807) is 4.90 Å². The van der Waals surface area contributed by atoms with E-state index < -0.39 is 19.9 Å². The molecule has 0 atom stereocenters. The normalized spacial score (nSPS) is 10.8. The molecule has 0 spiro atoms. The Morgan fingerprint density at radius 2 is 1.11 bits per heavy atom. The molecule has 3 N–H and O–H groups in total. The molecule has 0 unspecified atom stereocenters. The van der Waals surface area contributed by atoms with Gasteiger partial charge < -0.3 is 15.3 Å². The van der Waals surface area contributed by atoms with Gasteiger partial charge in [-0.15, -0.1) is 0 Å². The molecule has 0 radical (unpaired) electrons. The minimum atomic E-state index is -0.574. The average molecular weight is 315 g/mol. The first kappa shape index (κ1) is 21.8. The van der Waals surface area contributed by atoms with Gasteiger partial charge in [-0.1, -0.05) is 0 Å². The third kappa shape index (κ3) is 20.9. The van der Waals surface area contributed by atoms with E-state index in [2.05, 4.69) is 0 Å². The van der Waals surface area contributed by atoms with Crippen LogP contribution in [-0.4, -0.2) is 71.9 Å². The maximum Gasteiger partial charge on any atom is 0.0558 e. The topological polar surface area (TPSA) is 82.4 Å². The molecule has 0 aromatic rings. The van der Waals surface area contributed by atoms with Gasteiger partial charge in [-0.25, -0.2) is 0 Å². The molecule has 0 bridgehead atoms. The second kappa shape index (κ2) is 16.5. The van der Waals surface area contributed by atoms with Crippen molar-refractivity contribution in [3.05, 3.63) is 0 Å². The molecule has 0 saturated heterocycles. The summed E-state index contributed by atoms with van der Waals surface area (Å²) in [5.41, 5.74) is 0. The Morgan fingerprint density at radius 3 is 1.32 bits per heavy atom. The van der Waals surface area contributed by atoms with Crippen molar-refractivity contribution in [3.8, 4) is 0 Å². The van der Waals surface area contributed by atoms with Gasteiger partial charge in [-0.2, -0.15) is 0 Å². The molecule has 0 rings (SSSR count). The summed E-state index contributed by atoms with van der Waals surface area (Å²) in [4.78, 5) is 1.79. The first-order chi connectivity index (χ1) is 8.97. The fourth-order valence-electron chi connectivity index (χ4n) is 0.980. The summed E-state index contributed by atoms with van der Waals surface area (Å²) in [6, 6.07) is 0. The molecule has 116 valence electrons. The predicted octanol–water partition coefficient (Wildman–Crippen LogP) is 0.0142. The largest absolute Gasteiger partial charge is 0.395 e. The molecule has 6 nitrogen and oxygen atoms in total. The molecule has 0 aliphatic rings.